The summed E-state index contributed by atoms with van der Waals surface area (Å²) >= 11 is 1.98. The van der Waals surface area contributed by atoms with Crippen LogP contribution in [0.5, 0.6) is 0 Å². The Morgan fingerprint density at radius 1 is 1.15 bits per heavy atom. The minimum atomic E-state index is -4.43. The van der Waals surface area contributed by atoms with Crippen molar-refractivity contribution >= 4 is 34.4 Å². The van der Waals surface area contributed by atoms with Gasteiger partial charge in [-0.3, -0.25) is 0 Å². The van der Waals surface area contributed by atoms with E-state index in [1.807, 2.05) is 57.8 Å². The first-order valence-electron chi connectivity index (χ1n) is 10.8. The van der Waals surface area contributed by atoms with E-state index in [1.165, 1.54) is 6.07 Å². The van der Waals surface area contributed by atoms with Crippen LogP contribution in [0.4, 0.5) is 19.0 Å². The van der Waals surface area contributed by atoms with Gasteiger partial charge in [-0.2, -0.15) is 18.3 Å². The number of aromatic nitrogens is 2. The van der Waals surface area contributed by atoms with Gasteiger partial charge in [0, 0.05) is 13.1 Å². The Morgan fingerprint density at radius 3 is 2.59 bits per heavy atom. The predicted octanol–water partition coefficient (Wildman–Crippen LogP) is 5.46. The molecule has 0 spiro atoms. The zero-order valence-corrected chi connectivity index (χ0v) is 20.5. The molecule has 2 heterocycles. The van der Waals surface area contributed by atoms with Crippen LogP contribution in [-0.2, 0) is 28.8 Å². The molecule has 0 saturated heterocycles. The highest BCUT2D eigenvalue weighted by atomic mass is 127. The van der Waals surface area contributed by atoms with Crippen LogP contribution in [0.3, 0.4) is 0 Å². The molecule has 0 fully saturated rings. The van der Waals surface area contributed by atoms with E-state index in [9.17, 15) is 18.0 Å². The van der Waals surface area contributed by atoms with E-state index >= 15 is 0 Å². The minimum Gasteiger partial charge on any atom is -0.462 e. The lowest BCUT2D eigenvalue weighted by Gasteiger charge is -2.20. The van der Waals surface area contributed by atoms with Gasteiger partial charge in [-0.15, -0.1) is 0 Å². The van der Waals surface area contributed by atoms with Gasteiger partial charge >= 0.3 is 12.1 Å². The molecular weight excluding hydrogens is 562 g/mol. The van der Waals surface area contributed by atoms with E-state index in [2.05, 4.69) is 5.10 Å². The topological polar surface area (TPSA) is 56.6 Å². The second-order valence-corrected chi connectivity index (χ2v) is 8.91. The van der Waals surface area contributed by atoms with Crippen LogP contribution in [0.2, 0.25) is 0 Å². The number of benzene rings is 2. The van der Waals surface area contributed by atoms with Crippen LogP contribution in [0.1, 0.15) is 40.0 Å². The zero-order chi connectivity index (χ0) is 24.3. The Kier molecular flexibility index (Phi) is 7.46. The van der Waals surface area contributed by atoms with Crippen LogP contribution in [-0.4, -0.2) is 35.5 Å². The fourth-order valence-corrected chi connectivity index (χ4v) is 4.66. The first-order chi connectivity index (χ1) is 16.3. The second-order valence-electron chi connectivity index (χ2n) is 7.89. The van der Waals surface area contributed by atoms with Crippen molar-refractivity contribution in [1.29, 1.82) is 0 Å². The van der Waals surface area contributed by atoms with Gasteiger partial charge in [0.25, 0.3) is 0 Å². The van der Waals surface area contributed by atoms with Gasteiger partial charge in [0.05, 0.1) is 31.4 Å². The summed E-state index contributed by atoms with van der Waals surface area (Å²) in [6, 6.07) is 14.7. The molecule has 0 unspecified atom stereocenters. The number of fused-ring (bicyclic) bond motifs is 1. The van der Waals surface area contributed by atoms with Gasteiger partial charge < -0.3 is 14.4 Å². The van der Waals surface area contributed by atoms with Gasteiger partial charge in [-0.1, -0.05) is 42.5 Å². The molecule has 0 radical (unpaired) electrons. The second kappa shape index (κ2) is 10.3. The third kappa shape index (κ3) is 5.38. The first kappa shape index (κ1) is 24.5. The number of rotatable bonds is 8. The standard InChI is InChI=1S/C24H23F3IN3O3/c1-2-34-23(32)20-21(28)29-31-19(15-33-14-16-7-4-3-5-8-16)13-30(22(20)31)12-17-9-6-10-18(11-17)24(25,26)27/h3-11,19H,2,12-15H2,1H3/t19-/m0/s1. The molecule has 0 aliphatic carbocycles. The summed E-state index contributed by atoms with van der Waals surface area (Å²) < 4.78 is 53.0. The monoisotopic (exact) mass is 585 g/mol. The molecule has 180 valence electrons. The summed E-state index contributed by atoms with van der Waals surface area (Å²) in [7, 11) is 0. The van der Waals surface area contributed by atoms with Crippen molar-refractivity contribution in [1.82, 2.24) is 9.78 Å². The molecule has 10 heteroatoms. The van der Waals surface area contributed by atoms with Gasteiger partial charge in [0.1, 0.15) is 15.1 Å². The summed E-state index contributed by atoms with van der Waals surface area (Å²) in [5, 5.41) is 4.55. The maximum atomic E-state index is 13.2. The van der Waals surface area contributed by atoms with E-state index < -0.39 is 17.7 Å². The Bertz CT molecular complexity index is 1150. The molecule has 0 saturated carbocycles. The molecule has 1 aromatic heterocycles. The third-order valence-corrected chi connectivity index (χ3v) is 6.20. The molecule has 0 N–H and O–H groups in total. The Balaban J connectivity index is 1.59. The normalized spacial score (nSPS) is 15.4. The highest BCUT2D eigenvalue weighted by molar-refractivity contribution is 14.1. The molecule has 2 aromatic carbocycles. The molecule has 6 nitrogen and oxygen atoms in total. The fraction of sp³-hybridized carbons (Fsp3) is 0.333. The van der Waals surface area contributed by atoms with Crippen molar-refractivity contribution in [3.05, 3.63) is 80.6 Å². The average Bonchev–Trinajstić information content (AvgIpc) is 3.30. The predicted molar refractivity (Wildman–Crippen MR) is 129 cm³/mol. The van der Waals surface area contributed by atoms with E-state index in [-0.39, 0.29) is 19.2 Å². The van der Waals surface area contributed by atoms with Gasteiger partial charge in [0.15, 0.2) is 0 Å². The molecule has 1 aliphatic rings. The number of carbonyl (C=O) groups is 1. The van der Waals surface area contributed by atoms with Crippen LogP contribution < -0.4 is 4.90 Å². The molecule has 34 heavy (non-hydrogen) atoms. The van der Waals surface area contributed by atoms with Crippen molar-refractivity contribution in [2.45, 2.75) is 32.3 Å². The Morgan fingerprint density at radius 2 is 1.88 bits per heavy atom. The lowest BCUT2D eigenvalue weighted by Crippen LogP contribution is -2.25. The fourth-order valence-electron chi connectivity index (χ4n) is 3.97. The maximum Gasteiger partial charge on any atom is 0.416 e. The zero-order valence-electron chi connectivity index (χ0n) is 18.4. The van der Waals surface area contributed by atoms with Crippen molar-refractivity contribution in [3.8, 4) is 0 Å². The summed E-state index contributed by atoms with van der Waals surface area (Å²) in [5.74, 6) is 0.0293. The molecule has 1 aliphatic heterocycles. The Labute approximate surface area is 208 Å². The summed E-state index contributed by atoms with van der Waals surface area (Å²) in [5.41, 5.74) is 1.13. The first-order valence-corrected chi connectivity index (χ1v) is 11.8. The molecule has 0 amide bonds. The van der Waals surface area contributed by atoms with E-state index in [0.29, 0.717) is 40.4 Å². The quantitative estimate of drug-likeness (QED) is 0.260. The van der Waals surface area contributed by atoms with Gasteiger partial charge in [-0.25, -0.2) is 9.48 Å². The van der Waals surface area contributed by atoms with Crippen molar-refractivity contribution in [3.63, 3.8) is 0 Å². The van der Waals surface area contributed by atoms with Crippen molar-refractivity contribution < 1.29 is 27.4 Å². The lowest BCUT2D eigenvalue weighted by molar-refractivity contribution is -0.137. The summed E-state index contributed by atoms with van der Waals surface area (Å²) in [6.45, 7) is 3.31. The van der Waals surface area contributed by atoms with Crippen LogP contribution in [0.15, 0.2) is 54.6 Å². The molecule has 3 aromatic rings. The van der Waals surface area contributed by atoms with E-state index in [4.69, 9.17) is 9.47 Å². The number of anilines is 1. The number of halogens is 4. The SMILES string of the molecule is CCOC(=O)c1c(I)nn2c1N(Cc1cccc(C(F)(F)F)c1)C[C@H]2COCc1ccccc1. The van der Waals surface area contributed by atoms with Crippen LogP contribution in [0.25, 0.3) is 0 Å². The van der Waals surface area contributed by atoms with E-state index in [1.54, 1.807) is 17.7 Å². The number of nitrogens with zero attached hydrogens (tertiary/aromatic N) is 3. The molecular formula is C24H23F3IN3O3. The number of carbonyl (C=O) groups excluding carboxylic acids is 1. The summed E-state index contributed by atoms with van der Waals surface area (Å²) in [4.78, 5) is 14.6. The highest BCUT2D eigenvalue weighted by Crippen LogP contribution is 2.37. The average molecular weight is 585 g/mol. The number of hydrogen-bond donors (Lipinski definition) is 0. The van der Waals surface area contributed by atoms with Crippen molar-refractivity contribution in [2.24, 2.45) is 0 Å². The molecule has 1 atom stereocenters. The minimum absolute atomic E-state index is 0.188. The van der Waals surface area contributed by atoms with Crippen LogP contribution in [0, 0.1) is 3.70 Å². The van der Waals surface area contributed by atoms with Gasteiger partial charge in [-0.05, 0) is 52.8 Å². The Hall–Kier alpha value is -2.60. The number of ether oxygens (including phenoxy) is 2. The van der Waals surface area contributed by atoms with Gasteiger partial charge in [0.2, 0.25) is 0 Å². The maximum absolute atomic E-state index is 13.2. The number of alkyl halides is 3. The lowest BCUT2D eigenvalue weighted by atomic mass is 10.1. The highest BCUT2D eigenvalue weighted by Gasteiger charge is 2.37. The van der Waals surface area contributed by atoms with Crippen molar-refractivity contribution in [2.75, 3.05) is 24.7 Å². The largest absolute Gasteiger partial charge is 0.462 e. The number of esters is 1. The smallest absolute Gasteiger partial charge is 0.416 e. The molecule has 0 bridgehead atoms. The molecule has 4 rings (SSSR count). The summed E-state index contributed by atoms with van der Waals surface area (Å²) in [6.07, 6.45) is -4.43. The van der Waals surface area contributed by atoms with E-state index in [0.717, 1.165) is 17.7 Å². The number of hydrogen-bond acceptors (Lipinski definition) is 5. The third-order valence-electron chi connectivity index (χ3n) is 5.45. The van der Waals surface area contributed by atoms with Crippen LogP contribution >= 0.6 is 22.6 Å².